The lowest BCUT2D eigenvalue weighted by molar-refractivity contribution is -0.141. The van der Waals surface area contributed by atoms with E-state index in [4.69, 9.17) is 16.4 Å². The number of ether oxygens (including phenoxy) is 1. The van der Waals surface area contributed by atoms with Gasteiger partial charge in [0.1, 0.15) is 11.9 Å². The summed E-state index contributed by atoms with van der Waals surface area (Å²) in [5, 5.41) is 12.2. The van der Waals surface area contributed by atoms with Gasteiger partial charge in [-0.2, -0.15) is 13.2 Å². The summed E-state index contributed by atoms with van der Waals surface area (Å²) in [5.74, 6) is -0.563. The van der Waals surface area contributed by atoms with E-state index in [1.54, 1.807) is 30.5 Å². The van der Waals surface area contributed by atoms with E-state index in [9.17, 15) is 18.0 Å². The maximum absolute atomic E-state index is 13.0. The summed E-state index contributed by atoms with van der Waals surface area (Å²) in [5.41, 5.74) is 2.17. The minimum Gasteiger partial charge on any atom is -0.481 e. The van der Waals surface area contributed by atoms with Gasteiger partial charge in [-0.15, -0.1) is 0 Å². The summed E-state index contributed by atoms with van der Waals surface area (Å²) in [7, 11) is 0. The molecule has 35 heavy (non-hydrogen) atoms. The van der Waals surface area contributed by atoms with Gasteiger partial charge in [-0.25, -0.2) is 0 Å². The van der Waals surface area contributed by atoms with Crippen LogP contribution in [0, 0.1) is 12.5 Å². The summed E-state index contributed by atoms with van der Waals surface area (Å²) in [4.78, 5) is 23.6. The Labute approximate surface area is 200 Å². The Bertz CT molecular complexity index is 1200. The van der Waals surface area contributed by atoms with Gasteiger partial charge in [0.2, 0.25) is 0 Å². The molecule has 0 aromatic carbocycles. The number of rotatable bonds is 6. The normalized spacial score (nSPS) is 24.5. The molecule has 1 saturated carbocycles. The second-order valence-corrected chi connectivity index (χ2v) is 8.64. The molecule has 0 saturated heterocycles. The predicted octanol–water partition coefficient (Wildman–Crippen LogP) is 5.05. The number of carboxylic acid groups (broad SMARTS) is 1. The molecule has 182 valence electrons. The van der Waals surface area contributed by atoms with Gasteiger partial charge in [-0.05, 0) is 56.0 Å². The fourth-order valence-electron chi connectivity index (χ4n) is 4.21. The first-order chi connectivity index (χ1) is 16.6. The quantitative estimate of drug-likeness (QED) is 0.435. The molecule has 1 aliphatic heterocycles. The number of hydrogen-bond donors (Lipinski definition) is 2. The molecule has 2 heterocycles. The molecule has 2 aliphatic carbocycles. The summed E-state index contributed by atoms with van der Waals surface area (Å²) in [6, 6.07) is 2.99. The first kappa shape index (κ1) is 24.3. The zero-order chi connectivity index (χ0) is 25.2. The van der Waals surface area contributed by atoms with Crippen LogP contribution in [0.2, 0.25) is 0 Å². The van der Waals surface area contributed by atoms with Crippen LogP contribution in [0.25, 0.3) is 10.4 Å². The summed E-state index contributed by atoms with van der Waals surface area (Å²) in [6.45, 7) is 7.27. The third kappa shape index (κ3) is 5.62. The van der Waals surface area contributed by atoms with E-state index in [0.29, 0.717) is 42.1 Å². The third-order valence-electron chi connectivity index (χ3n) is 6.21. The molecule has 3 unspecified atom stereocenters. The second kappa shape index (κ2) is 9.78. The average Bonchev–Trinajstić information content (AvgIpc) is 3.47. The van der Waals surface area contributed by atoms with Crippen LogP contribution >= 0.6 is 0 Å². The van der Waals surface area contributed by atoms with Gasteiger partial charge >= 0.3 is 18.0 Å². The van der Waals surface area contributed by atoms with Crippen molar-refractivity contribution >= 4 is 17.4 Å². The third-order valence-corrected chi connectivity index (χ3v) is 6.21. The topological polar surface area (TPSA) is 88.2 Å². The number of halogens is 3. The molecule has 1 aromatic heterocycles. The Kier molecular flexibility index (Phi) is 6.78. The lowest BCUT2D eigenvalue weighted by Gasteiger charge is -2.18. The summed E-state index contributed by atoms with van der Waals surface area (Å²) in [6.07, 6.45) is 4.25. The van der Waals surface area contributed by atoms with Gasteiger partial charge in [-0.3, -0.25) is 14.8 Å². The highest BCUT2D eigenvalue weighted by Gasteiger charge is 2.38. The second-order valence-electron chi connectivity index (χ2n) is 8.64. The minimum atomic E-state index is -4.36. The van der Waals surface area contributed by atoms with Crippen molar-refractivity contribution in [3.05, 3.63) is 75.9 Å². The maximum Gasteiger partial charge on any atom is 0.500 e. The van der Waals surface area contributed by atoms with Crippen LogP contribution in [0.1, 0.15) is 43.9 Å². The van der Waals surface area contributed by atoms with Gasteiger partial charge in [0.25, 0.3) is 6.57 Å². The molecule has 3 aliphatic rings. The number of aromatic nitrogens is 1. The number of aliphatic carboxylic acids is 1. The number of carboxylic acids is 1. The van der Waals surface area contributed by atoms with E-state index < -0.39 is 29.7 Å². The van der Waals surface area contributed by atoms with E-state index in [1.807, 2.05) is 6.92 Å². The summed E-state index contributed by atoms with van der Waals surface area (Å²) >= 11 is 0. The predicted molar refractivity (Wildman–Crippen MR) is 124 cm³/mol. The van der Waals surface area contributed by atoms with Crippen molar-refractivity contribution in [2.75, 3.05) is 0 Å². The fourth-order valence-corrected chi connectivity index (χ4v) is 4.21. The summed E-state index contributed by atoms with van der Waals surface area (Å²) < 4.78 is 44.7. The van der Waals surface area contributed by atoms with E-state index in [1.165, 1.54) is 6.08 Å². The number of aliphatic imine (C=N–C) groups is 1. The lowest BCUT2D eigenvalue weighted by Crippen LogP contribution is -2.24. The Balaban J connectivity index is 1.40. The number of hydrogen-bond acceptors (Lipinski definition) is 5. The molecule has 1 fully saturated rings. The number of amidine groups is 1. The molecule has 7 nitrogen and oxygen atoms in total. The van der Waals surface area contributed by atoms with Gasteiger partial charge < -0.3 is 15.2 Å². The van der Waals surface area contributed by atoms with Gasteiger partial charge in [0.05, 0.1) is 23.7 Å². The van der Waals surface area contributed by atoms with Crippen molar-refractivity contribution in [3.63, 3.8) is 0 Å². The molecule has 2 N–H and O–H groups in total. The minimum absolute atomic E-state index is 0.194. The van der Waals surface area contributed by atoms with Crippen LogP contribution in [0.15, 0.2) is 64.8 Å². The average molecular weight is 485 g/mol. The monoisotopic (exact) mass is 485 g/mol. The van der Waals surface area contributed by atoms with Crippen molar-refractivity contribution < 1.29 is 27.8 Å². The van der Waals surface area contributed by atoms with Crippen LogP contribution in [0.5, 0.6) is 0 Å². The number of allylic oxidation sites excluding steroid dienone is 5. The molecular weight excluding hydrogens is 461 g/mol. The van der Waals surface area contributed by atoms with Crippen LogP contribution in [0.4, 0.5) is 13.2 Å². The molecule has 1 aromatic rings. The highest BCUT2D eigenvalue weighted by Crippen LogP contribution is 2.35. The van der Waals surface area contributed by atoms with Crippen molar-refractivity contribution in [1.82, 2.24) is 10.3 Å². The smallest absolute Gasteiger partial charge is 0.481 e. The molecule has 4 rings (SSSR count). The standard InChI is InChI=1S/C25H23F3N4O3/c1-14(3-10-22(29-2)35-18-7-4-15(11-18)24(33)34)19-8-5-16(13-30-19)23-31-20-9-6-17(25(26,27)28)12-21(20)32-23/h2-3,5-6,8-10,13,15,18,21H,4,7,11-12H2,1H3,(H-,31,32,33,34)/p+1. The Morgan fingerprint density at radius 2 is 2.09 bits per heavy atom. The Morgan fingerprint density at radius 1 is 1.29 bits per heavy atom. The van der Waals surface area contributed by atoms with Crippen molar-refractivity contribution in [2.45, 2.75) is 50.9 Å². The molecule has 0 radical (unpaired) electrons. The van der Waals surface area contributed by atoms with E-state index in [-0.39, 0.29) is 18.4 Å². The van der Waals surface area contributed by atoms with Gasteiger partial charge in [0.15, 0.2) is 0 Å². The van der Waals surface area contributed by atoms with Crippen molar-refractivity contribution in [1.29, 1.82) is 0 Å². The lowest BCUT2D eigenvalue weighted by atomic mass is 9.98. The molecule has 0 spiro atoms. The number of fused-ring (bicyclic) bond motifs is 1. The largest absolute Gasteiger partial charge is 0.500 e. The van der Waals surface area contributed by atoms with Crippen LogP contribution in [0.3, 0.4) is 0 Å². The molecule has 3 atom stereocenters. The number of alkyl halides is 3. The zero-order valence-electron chi connectivity index (χ0n) is 18.9. The highest BCUT2D eigenvalue weighted by atomic mass is 19.4. The number of nitrogens with one attached hydrogen (secondary N) is 1. The van der Waals surface area contributed by atoms with E-state index in [2.05, 4.69) is 20.1 Å². The van der Waals surface area contributed by atoms with Crippen LogP contribution in [-0.2, 0) is 9.53 Å². The van der Waals surface area contributed by atoms with Crippen LogP contribution in [-0.4, -0.2) is 40.2 Å². The maximum atomic E-state index is 13.0. The first-order valence-electron chi connectivity index (χ1n) is 11.1. The van der Waals surface area contributed by atoms with Gasteiger partial charge in [-0.1, -0.05) is 6.08 Å². The fraction of sp³-hybridized carbons (Fsp3) is 0.360. The Morgan fingerprint density at radius 3 is 2.71 bits per heavy atom. The van der Waals surface area contributed by atoms with Crippen molar-refractivity contribution in [2.24, 2.45) is 10.9 Å². The van der Waals surface area contributed by atoms with Crippen molar-refractivity contribution in [3.8, 4) is 6.57 Å². The van der Waals surface area contributed by atoms with Gasteiger partial charge in [0, 0.05) is 34.3 Å². The number of nitrogens with zero attached hydrogens (tertiary/aromatic N) is 3. The van der Waals surface area contributed by atoms with Crippen LogP contribution < -0.4 is 5.32 Å². The Hall–Kier alpha value is -3.87. The van der Waals surface area contributed by atoms with E-state index in [0.717, 1.165) is 11.6 Å². The molecular formula is C25H24F3N4O3+. The van der Waals surface area contributed by atoms with E-state index >= 15 is 0 Å². The number of pyridine rings is 1. The zero-order valence-corrected chi connectivity index (χ0v) is 18.9. The molecule has 0 bridgehead atoms. The molecule has 0 amide bonds. The first-order valence-corrected chi connectivity index (χ1v) is 11.1. The SMILES string of the molecule is C#[N+]C(=CC=C(C)c1ccc(C2=NC3CC(C(F)(F)F)=CC=C3N2)cn1)OC1CCC(C(=O)O)C1. The highest BCUT2D eigenvalue weighted by molar-refractivity contribution is 6.01. The number of carbonyl (C=O) groups is 1. The molecule has 10 heteroatoms.